The van der Waals surface area contributed by atoms with E-state index in [9.17, 15) is 16.8 Å². The van der Waals surface area contributed by atoms with Gasteiger partial charge in [-0.05, 0) is 12.8 Å². The van der Waals surface area contributed by atoms with Gasteiger partial charge >= 0.3 is 0 Å². The van der Waals surface area contributed by atoms with Crippen LogP contribution >= 0.6 is 0 Å². The third-order valence-electron chi connectivity index (χ3n) is 3.09. The van der Waals surface area contributed by atoms with Crippen LogP contribution in [0, 0.1) is 0 Å². The van der Waals surface area contributed by atoms with Crippen LogP contribution in [-0.4, -0.2) is 39.5 Å². The fourth-order valence-corrected chi connectivity index (χ4v) is 7.94. The van der Waals surface area contributed by atoms with Gasteiger partial charge in [-0.1, -0.05) is 0 Å². The SMILES string of the molecule is O=S1(=O)NS(=O)(=O)C2C3CCC(O3)C21. The molecule has 2 bridgehead atoms. The molecule has 0 aliphatic carbocycles. The molecule has 3 heterocycles. The summed E-state index contributed by atoms with van der Waals surface area (Å²) < 4.78 is 53.0. The lowest BCUT2D eigenvalue weighted by atomic mass is 10.00. The van der Waals surface area contributed by atoms with Crippen LogP contribution in [0.4, 0.5) is 0 Å². The van der Waals surface area contributed by atoms with Gasteiger partial charge in [-0.2, -0.15) is 0 Å². The molecule has 3 saturated heterocycles. The van der Waals surface area contributed by atoms with Crippen molar-refractivity contribution in [1.29, 1.82) is 0 Å². The minimum atomic E-state index is -3.73. The average molecular weight is 239 g/mol. The van der Waals surface area contributed by atoms with Crippen LogP contribution in [0.3, 0.4) is 0 Å². The van der Waals surface area contributed by atoms with Crippen LogP contribution < -0.4 is 4.13 Å². The molecule has 14 heavy (non-hydrogen) atoms. The second-order valence-electron chi connectivity index (χ2n) is 3.89. The number of rotatable bonds is 0. The Morgan fingerprint density at radius 2 is 1.36 bits per heavy atom. The topological polar surface area (TPSA) is 89.5 Å². The van der Waals surface area contributed by atoms with Crippen molar-refractivity contribution in [2.45, 2.75) is 35.5 Å². The number of hydrogen-bond acceptors (Lipinski definition) is 5. The molecule has 0 saturated carbocycles. The Labute approximate surface area is 81.7 Å². The van der Waals surface area contributed by atoms with E-state index in [1.807, 2.05) is 0 Å². The lowest BCUT2D eigenvalue weighted by Crippen LogP contribution is -2.39. The Hall–Kier alpha value is -0.180. The molecule has 0 radical (unpaired) electrons. The van der Waals surface area contributed by atoms with Crippen molar-refractivity contribution in [2.24, 2.45) is 0 Å². The van der Waals surface area contributed by atoms with Gasteiger partial charge in [0.15, 0.2) is 0 Å². The molecule has 3 rings (SSSR count). The van der Waals surface area contributed by atoms with Crippen LogP contribution in [-0.2, 0) is 24.8 Å². The van der Waals surface area contributed by atoms with E-state index in [2.05, 4.69) is 0 Å². The van der Waals surface area contributed by atoms with Gasteiger partial charge in [0, 0.05) is 0 Å². The molecule has 80 valence electrons. The second-order valence-corrected chi connectivity index (χ2v) is 7.83. The minimum Gasteiger partial charge on any atom is -0.372 e. The van der Waals surface area contributed by atoms with Gasteiger partial charge in [0.05, 0.1) is 12.2 Å². The molecule has 3 fully saturated rings. The molecule has 4 unspecified atom stereocenters. The molecular weight excluding hydrogens is 230 g/mol. The summed E-state index contributed by atoms with van der Waals surface area (Å²) >= 11 is 0. The van der Waals surface area contributed by atoms with E-state index in [-0.39, 0.29) is 0 Å². The molecule has 0 aromatic rings. The standard InChI is InChI=1S/C6H9NO5S2/c8-13(9)5-3-1-2-4(12-3)6(5)14(10,11)7-13/h3-7H,1-2H2. The van der Waals surface area contributed by atoms with Crippen molar-refractivity contribution in [1.82, 2.24) is 4.13 Å². The maximum absolute atomic E-state index is 11.5. The molecule has 0 amide bonds. The zero-order chi connectivity index (χ0) is 10.1. The Bertz CT molecular complexity index is 436. The summed E-state index contributed by atoms with van der Waals surface area (Å²) in [6.07, 6.45) is 0.421. The molecule has 8 heteroatoms. The Morgan fingerprint density at radius 3 is 1.79 bits per heavy atom. The minimum absolute atomic E-state index is 0.431. The first kappa shape index (κ1) is 9.08. The Kier molecular flexibility index (Phi) is 1.50. The molecule has 3 aliphatic rings. The maximum Gasteiger partial charge on any atom is 0.231 e. The summed E-state index contributed by atoms with van der Waals surface area (Å²) in [5.74, 6) is 0. The van der Waals surface area contributed by atoms with Crippen LogP contribution in [0.2, 0.25) is 0 Å². The van der Waals surface area contributed by atoms with E-state index in [1.54, 1.807) is 4.13 Å². The van der Waals surface area contributed by atoms with Gasteiger partial charge in [0.2, 0.25) is 20.0 Å². The zero-order valence-electron chi connectivity index (χ0n) is 7.08. The highest BCUT2D eigenvalue weighted by atomic mass is 32.3. The third kappa shape index (κ3) is 0.918. The van der Waals surface area contributed by atoms with Crippen LogP contribution in [0.15, 0.2) is 0 Å². The summed E-state index contributed by atoms with van der Waals surface area (Å²) in [4.78, 5) is 0. The number of nitrogens with one attached hydrogen (secondary N) is 1. The molecule has 0 aromatic carbocycles. The Morgan fingerprint density at radius 1 is 0.929 bits per heavy atom. The van der Waals surface area contributed by atoms with Crippen molar-refractivity contribution in [3.63, 3.8) is 0 Å². The first-order chi connectivity index (χ1) is 6.42. The average Bonchev–Trinajstić information content (AvgIpc) is 2.61. The predicted octanol–water partition coefficient (Wildman–Crippen LogP) is -1.45. The smallest absolute Gasteiger partial charge is 0.231 e. The summed E-state index contributed by atoms with van der Waals surface area (Å²) in [5, 5.41) is -1.77. The van der Waals surface area contributed by atoms with Crippen molar-refractivity contribution >= 4 is 20.0 Å². The fourth-order valence-electron chi connectivity index (χ4n) is 2.62. The molecule has 0 aromatic heterocycles. The van der Waals surface area contributed by atoms with E-state index in [1.165, 1.54) is 0 Å². The van der Waals surface area contributed by atoms with E-state index < -0.39 is 42.8 Å². The number of sulfonamides is 2. The van der Waals surface area contributed by atoms with E-state index in [0.717, 1.165) is 0 Å². The third-order valence-corrected chi connectivity index (χ3v) is 7.75. The van der Waals surface area contributed by atoms with E-state index in [0.29, 0.717) is 12.8 Å². The van der Waals surface area contributed by atoms with Crippen LogP contribution in [0.25, 0.3) is 0 Å². The first-order valence-electron chi connectivity index (χ1n) is 4.33. The summed E-state index contributed by atoms with van der Waals surface area (Å²) in [6, 6.07) is 0. The van der Waals surface area contributed by atoms with Gasteiger partial charge in [0.25, 0.3) is 0 Å². The zero-order valence-corrected chi connectivity index (χ0v) is 8.71. The molecule has 0 spiro atoms. The van der Waals surface area contributed by atoms with Crippen molar-refractivity contribution in [3.8, 4) is 0 Å². The Balaban J connectivity index is 2.20. The maximum atomic E-state index is 11.5. The summed E-state index contributed by atoms with van der Waals surface area (Å²) in [5.41, 5.74) is 0. The van der Waals surface area contributed by atoms with Gasteiger partial charge in [-0.25, -0.2) is 16.8 Å². The lowest BCUT2D eigenvalue weighted by molar-refractivity contribution is 0.105. The predicted molar refractivity (Wildman–Crippen MR) is 46.4 cm³/mol. The van der Waals surface area contributed by atoms with Crippen molar-refractivity contribution in [3.05, 3.63) is 0 Å². The summed E-state index contributed by atoms with van der Waals surface area (Å²) in [6.45, 7) is 0. The number of ether oxygens (including phenoxy) is 1. The second kappa shape index (κ2) is 2.31. The molecule has 3 aliphatic heterocycles. The van der Waals surface area contributed by atoms with E-state index in [4.69, 9.17) is 4.74 Å². The highest BCUT2D eigenvalue weighted by molar-refractivity contribution is 8.08. The van der Waals surface area contributed by atoms with Gasteiger partial charge in [0.1, 0.15) is 10.5 Å². The number of hydrogen-bond donors (Lipinski definition) is 1. The van der Waals surface area contributed by atoms with Crippen LogP contribution in [0.5, 0.6) is 0 Å². The van der Waals surface area contributed by atoms with Crippen molar-refractivity contribution < 1.29 is 21.6 Å². The molecule has 6 nitrogen and oxygen atoms in total. The number of fused-ring (bicyclic) bond motifs is 5. The van der Waals surface area contributed by atoms with Gasteiger partial charge < -0.3 is 4.74 Å². The quantitative estimate of drug-likeness (QED) is 0.558. The van der Waals surface area contributed by atoms with Crippen LogP contribution in [0.1, 0.15) is 12.8 Å². The molecule has 1 N–H and O–H groups in total. The largest absolute Gasteiger partial charge is 0.372 e. The fraction of sp³-hybridized carbons (Fsp3) is 1.00. The normalized spacial score (nSPS) is 52.0. The molecular formula is C6H9NO5S2. The van der Waals surface area contributed by atoms with Crippen molar-refractivity contribution in [2.75, 3.05) is 0 Å². The highest BCUT2D eigenvalue weighted by Crippen LogP contribution is 2.44. The van der Waals surface area contributed by atoms with Gasteiger partial charge in [-0.15, -0.1) is 4.13 Å². The lowest BCUT2D eigenvalue weighted by Gasteiger charge is -2.15. The first-order valence-corrected chi connectivity index (χ1v) is 7.43. The molecule has 4 atom stereocenters. The monoisotopic (exact) mass is 239 g/mol. The van der Waals surface area contributed by atoms with Gasteiger partial charge in [-0.3, -0.25) is 0 Å². The highest BCUT2D eigenvalue weighted by Gasteiger charge is 2.65. The van der Waals surface area contributed by atoms with E-state index >= 15 is 0 Å². The summed E-state index contributed by atoms with van der Waals surface area (Å²) in [7, 11) is -7.45.